The number of rotatable bonds is 2. The van der Waals surface area contributed by atoms with Gasteiger partial charge in [-0.1, -0.05) is 12.1 Å². The van der Waals surface area contributed by atoms with Crippen LogP contribution >= 0.6 is 0 Å². The molecule has 0 saturated carbocycles. The fraction of sp³-hybridized carbons (Fsp3) is 0.286. The van der Waals surface area contributed by atoms with E-state index in [2.05, 4.69) is 4.98 Å². The van der Waals surface area contributed by atoms with Crippen LogP contribution in [0.25, 0.3) is 0 Å². The highest BCUT2D eigenvalue weighted by Gasteiger charge is 2.39. The Kier molecular flexibility index (Phi) is 3.96. The summed E-state index contributed by atoms with van der Waals surface area (Å²) in [6.45, 7) is 2.01. The van der Waals surface area contributed by atoms with Gasteiger partial charge < -0.3 is 0 Å². The van der Waals surface area contributed by atoms with E-state index in [9.17, 15) is 9.59 Å². The zero-order valence-corrected chi connectivity index (χ0v) is 14.2. The maximum absolute atomic E-state index is 13.0. The van der Waals surface area contributed by atoms with Crippen LogP contribution in [0.4, 0.5) is 5.69 Å². The largest absolute Gasteiger partial charge is 0.294 e. The fourth-order valence-electron chi connectivity index (χ4n) is 3.94. The van der Waals surface area contributed by atoms with Crippen LogP contribution in [0.5, 0.6) is 0 Å². The molecule has 0 N–H and O–H groups in total. The molecule has 4 rings (SSSR count). The standard InChI is InChI=1S/C21H20N2O2/c1-14-4-2-5-16(12-14)23-18-6-3-7-19(24)21(18)17(13-20(23)25)15-8-10-22-11-9-15/h2,4-5,8-12,17H,3,6-7,13H2,1H3. The lowest BCUT2D eigenvalue weighted by Gasteiger charge is -2.38. The Labute approximate surface area is 147 Å². The SMILES string of the molecule is Cc1cccc(N2C(=O)CC(c3ccncc3)C3=C2CCCC3=O)c1. The number of Topliss-reactive ketones (excluding diaryl/α,β-unsaturated/α-hetero) is 1. The molecule has 2 aliphatic rings. The number of carbonyl (C=O) groups excluding carboxylic acids is 2. The summed E-state index contributed by atoms with van der Waals surface area (Å²) in [4.78, 5) is 31.6. The first-order valence-corrected chi connectivity index (χ1v) is 8.71. The second-order valence-electron chi connectivity index (χ2n) is 6.74. The first-order valence-electron chi connectivity index (χ1n) is 8.71. The number of pyridine rings is 1. The number of amides is 1. The van der Waals surface area contributed by atoms with Crippen molar-refractivity contribution in [2.24, 2.45) is 0 Å². The first kappa shape index (κ1) is 15.8. The molecule has 2 heterocycles. The molecule has 4 heteroatoms. The van der Waals surface area contributed by atoms with E-state index in [1.165, 1.54) is 0 Å². The van der Waals surface area contributed by atoms with Crippen LogP contribution in [-0.4, -0.2) is 16.7 Å². The third kappa shape index (κ3) is 2.78. The van der Waals surface area contributed by atoms with Gasteiger partial charge >= 0.3 is 0 Å². The average molecular weight is 332 g/mol. The lowest BCUT2D eigenvalue weighted by Crippen LogP contribution is -2.40. The van der Waals surface area contributed by atoms with Gasteiger partial charge in [-0.2, -0.15) is 0 Å². The molecule has 0 saturated heterocycles. The van der Waals surface area contributed by atoms with E-state index < -0.39 is 0 Å². The Bertz CT molecular complexity index is 870. The third-order valence-electron chi connectivity index (χ3n) is 5.04. The predicted molar refractivity (Wildman–Crippen MR) is 96.1 cm³/mol. The van der Waals surface area contributed by atoms with Crippen LogP contribution in [-0.2, 0) is 9.59 Å². The molecule has 4 nitrogen and oxygen atoms in total. The lowest BCUT2D eigenvalue weighted by atomic mass is 9.77. The Morgan fingerprint density at radius 1 is 1.08 bits per heavy atom. The number of anilines is 1. The number of aromatic nitrogens is 1. The number of nitrogens with zero attached hydrogens (tertiary/aromatic N) is 2. The molecule has 1 amide bonds. The van der Waals surface area contributed by atoms with Gasteiger partial charge in [-0.15, -0.1) is 0 Å². The van der Waals surface area contributed by atoms with Crippen molar-refractivity contribution in [1.29, 1.82) is 0 Å². The zero-order valence-electron chi connectivity index (χ0n) is 14.2. The van der Waals surface area contributed by atoms with Gasteiger partial charge in [0.1, 0.15) is 0 Å². The van der Waals surface area contributed by atoms with Gasteiger partial charge in [0.2, 0.25) is 5.91 Å². The molecule has 0 bridgehead atoms. The molecule has 1 aromatic heterocycles. The van der Waals surface area contributed by atoms with Crippen molar-refractivity contribution < 1.29 is 9.59 Å². The van der Waals surface area contributed by atoms with Crippen molar-refractivity contribution in [2.75, 3.05) is 4.90 Å². The molecule has 25 heavy (non-hydrogen) atoms. The van der Waals surface area contributed by atoms with Crippen LogP contribution in [0.15, 0.2) is 60.1 Å². The number of hydrogen-bond donors (Lipinski definition) is 0. The highest BCUT2D eigenvalue weighted by Crippen LogP contribution is 2.43. The molecule has 1 aliphatic carbocycles. The zero-order chi connectivity index (χ0) is 17.4. The minimum atomic E-state index is -0.153. The van der Waals surface area contributed by atoms with Crippen molar-refractivity contribution in [3.8, 4) is 0 Å². The minimum absolute atomic E-state index is 0.0564. The van der Waals surface area contributed by atoms with Crippen molar-refractivity contribution in [1.82, 2.24) is 4.98 Å². The van der Waals surface area contributed by atoms with E-state index in [0.717, 1.165) is 40.9 Å². The van der Waals surface area contributed by atoms with E-state index in [-0.39, 0.29) is 17.6 Å². The summed E-state index contributed by atoms with van der Waals surface area (Å²) in [5, 5.41) is 0. The van der Waals surface area contributed by atoms with Crippen molar-refractivity contribution in [2.45, 2.75) is 38.5 Å². The van der Waals surface area contributed by atoms with Crippen molar-refractivity contribution >= 4 is 17.4 Å². The molecule has 1 atom stereocenters. The summed E-state index contributed by atoms with van der Waals surface area (Å²) in [6, 6.07) is 11.7. The van der Waals surface area contributed by atoms with E-state index in [1.54, 1.807) is 17.3 Å². The Morgan fingerprint density at radius 3 is 2.64 bits per heavy atom. The van der Waals surface area contributed by atoms with Gasteiger partial charge in [0.15, 0.2) is 5.78 Å². The first-order chi connectivity index (χ1) is 12.1. The Morgan fingerprint density at radius 2 is 1.88 bits per heavy atom. The van der Waals surface area contributed by atoms with Gasteiger partial charge in [0.05, 0.1) is 0 Å². The molecule has 1 aliphatic heterocycles. The number of aryl methyl sites for hydroxylation is 1. The van der Waals surface area contributed by atoms with Crippen LogP contribution < -0.4 is 4.90 Å². The molecule has 0 spiro atoms. The summed E-state index contributed by atoms with van der Waals surface area (Å²) >= 11 is 0. The molecule has 0 fully saturated rings. The van der Waals surface area contributed by atoms with E-state index in [0.29, 0.717) is 12.8 Å². The highest BCUT2D eigenvalue weighted by molar-refractivity contribution is 6.07. The normalized spacial score (nSPS) is 20.7. The van der Waals surface area contributed by atoms with Crippen molar-refractivity contribution in [3.63, 3.8) is 0 Å². The maximum Gasteiger partial charge on any atom is 0.232 e. The molecular formula is C21H20N2O2. The molecular weight excluding hydrogens is 312 g/mol. The highest BCUT2D eigenvalue weighted by atomic mass is 16.2. The van der Waals surface area contributed by atoms with Gasteiger partial charge in [-0.05, 0) is 55.2 Å². The summed E-state index contributed by atoms with van der Waals surface area (Å²) in [7, 11) is 0. The van der Waals surface area contributed by atoms with Gasteiger partial charge in [0.25, 0.3) is 0 Å². The molecule has 1 unspecified atom stereocenters. The summed E-state index contributed by atoms with van der Waals surface area (Å²) < 4.78 is 0. The number of hydrogen-bond acceptors (Lipinski definition) is 3. The number of benzene rings is 1. The molecule has 2 aromatic rings. The molecule has 126 valence electrons. The summed E-state index contributed by atoms with van der Waals surface area (Å²) in [6.07, 6.45) is 5.90. The quantitative estimate of drug-likeness (QED) is 0.837. The van der Waals surface area contributed by atoms with E-state index >= 15 is 0 Å². The summed E-state index contributed by atoms with van der Waals surface area (Å²) in [5.74, 6) is 0.0773. The summed E-state index contributed by atoms with van der Waals surface area (Å²) in [5.41, 5.74) is 4.67. The number of ketones is 1. The monoisotopic (exact) mass is 332 g/mol. The van der Waals surface area contributed by atoms with Gasteiger partial charge in [0, 0.05) is 48.1 Å². The smallest absolute Gasteiger partial charge is 0.232 e. The topological polar surface area (TPSA) is 50.3 Å². The van der Waals surface area contributed by atoms with E-state index in [1.807, 2.05) is 43.3 Å². The fourth-order valence-corrected chi connectivity index (χ4v) is 3.94. The van der Waals surface area contributed by atoms with E-state index in [4.69, 9.17) is 0 Å². The number of allylic oxidation sites excluding steroid dienone is 2. The lowest BCUT2D eigenvalue weighted by molar-refractivity contribution is -0.119. The molecule has 0 radical (unpaired) electrons. The van der Waals surface area contributed by atoms with Crippen LogP contribution in [0.1, 0.15) is 42.7 Å². The van der Waals surface area contributed by atoms with Crippen molar-refractivity contribution in [3.05, 3.63) is 71.2 Å². The average Bonchev–Trinajstić information content (AvgIpc) is 2.62. The van der Waals surface area contributed by atoms with Crippen LogP contribution in [0.2, 0.25) is 0 Å². The minimum Gasteiger partial charge on any atom is -0.294 e. The Hall–Kier alpha value is -2.75. The van der Waals surface area contributed by atoms with Crippen LogP contribution in [0.3, 0.4) is 0 Å². The second-order valence-corrected chi connectivity index (χ2v) is 6.74. The van der Waals surface area contributed by atoms with Gasteiger partial charge in [-0.3, -0.25) is 19.5 Å². The van der Waals surface area contributed by atoms with Gasteiger partial charge in [-0.25, -0.2) is 0 Å². The van der Waals surface area contributed by atoms with Crippen LogP contribution in [0, 0.1) is 6.92 Å². The molecule has 1 aromatic carbocycles. The number of carbonyl (C=O) groups is 2. The second kappa shape index (κ2) is 6.28. The Balaban J connectivity index is 1.87. The third-order valence-corrected chi connectivity index (χ3v) is 5.04. The maximum atomic E-state index is 13.0. The predicted octanol–water partition coefficient (Wildman–Crippen LogP) is 3.92.